The maximum atomic E-state index is 13.9. The zero-order valence-corrected chi connectivity index (χ0v) is 17.5. The van der Waals surface area contributed by atoms with Crippen LogP contribution in [0.5, 0.6) is 0 Å². The van der Waals surface area contributed by atoms with Crippen LogP contribution in [0.2, 0.25) is 5.02 Å². The Labute approximate surface area is 181 Å². The minimum atomic E-state index is -0.611. The number of benzene rings is 2. The number of fused-ring (bicyclic) bond motifs is 1. The summed E-state index contributed by atoms with van der Waals surface area (Å²) in [5.41, 5.74) is 0.453. The number of amides is 1. The van der Waals surface area contributed by atoms with Crippen molar-refractivity contribution in [3.63, 3.8) is 0 Å². The van der Waals surface area contributed by atoms with Crippen molar-refractivity contribution >= 4 is 45.9 Å². The molecule has 1 unspecified atom stereocenters. The summed E-state index contributed by atoms with van der Waals surface area (Å²) in [4.78, 5) is 30.0. The molecule has 156 valence electrons. The molecule has 1 atom stereocenters. The zero-order chi connectivity index (χ0) is 21.1. The van der Waals surface area contributed by atoms with Crippen LogP contribution in [0.15, 0.2) is 52.4 Å². The van der Waals surface area contributed by atoms with E-state index in [1.807, 2.05) is 6.07 Å². The number of hydrogen-bond donors (Lipinski definition) is 1. The standard InChI is InChI=1S/C21H19ClFN3O3S/c22-13-7-8-18(16(23)10-13)24-19(27)12-30-21-25-17-6-2-1-5-15(17)20(28)26(21)11-14-4-3-9-29-14/h1-2,5-8,10,14H,3-4,9,11-12H2,(H,24,27). The van der Waals surface area contributed by atoms with Gasteiger partial charge in [0.05, 0.1) is 35.0 Å². The van der Waals surface area contributed by atoms with Crippen LogP contribution in [0.1, 0.15) is 12.8 Å². The van der Waals surface area contributed by atoms with E-state index in [4.69, 9.17) is 16.3 Å². The lowest BCUT2D eigenvalue weighted by molar-refractivity contribution is -0.113. The molecule has 1 amide bonds. The van der Waals surface area contributed by atoms with E-state index in [0.717, 1.165) is 30.7 Å². The van der Waals surface area contributed by atoms with E-state index in [2.05, 4.69) is 10.3 Å². The molecule has 9 heteroatoms. The molecule has 1 N–H and O–H groups in total. The highest BCUT2D eigenvalue weighted by atomic mass is 35.5. The molecule has 3 aromatic rings. The fraction of sp³-hybridized carbons (Fsp3) is 0.286. The minimum absolute atomic E-state index is 0.0294. The third-order valence-corrected chi connectivity index (χ3v) is 5.99. The number of anilines is 1. The molecule has 2 heterocycles. The van der Waals surface area contributed by atoms with Gasteiger partial charge in [0.15, 0.2) is 5.16 Å². The predicted octanol–water partition coefficient (Wildman–Crippen LogP) is 4.10. The molecule has 1 aliphatic rings. The Morgan fingerprint density at radius 3 is 2.93 bits per heavy atom. The van der Waals surface area contributed by atoms with Gasteiger partial charge in [-0.15, -0.1) is 0 Å². The summed E-state index contributed by atoms with van der Waals surface area (Å²) < 4.78 is 21.2. The van der Waals surface area contributed by atoms with Gasteiger partial charge < -0.3 is 10.1 Å². The molecule has 1 aromatic heterocycles. The molecule has 30 heavy (non-hydrogen) atoms. The second-order valence-electron chi connectivity index (χ2n) is 6.92. The molecule has 0 aliphatic carbocycles. The first-order valence-electron chi connectivity index (χ1n) is 9.50. The van der Waals surface area contributed by atoms with Crippen LogP contribution in [0.25, 0.3) is 10.9 Å². The van der Waals surface area contributed by atoms with E-state index in [0.29, 0.717) is 29.2 Å². The monoisotopic (exact) mass is 447 g/mol. The third kappa shape index (κ3) is 4.66. The topological polar surface area (TPSA) is 73.2 Å². The van der Waals surface area contributed by atoms with Crippen molar-refractivity contribution in [2.75, 3.05) is 17.7 Å². The average Bonchev–Trinajstić information content (AvgIpc) is 3.24. The van der Waals surface area contributed by atoms with E-state index < -0.39 is 11.7 Å². The number of hydrogen-bond acceptors (Lipinski definition) is 5. The summed E-state index contributed by atoms with van der Waals surface area (Å²) in [7, 11) is 0. The van der Waals surface area contributed by atoms with Gasteiger partial charge in [0, 0.05) is 11.6 Å². The van der Waals surface area contributed by atoms with Gasteiger partial charge in [-0.3, -0.25) is 14.2 Å². The molecule has 0 bridgehead atoms. The van der Waals surface area contributed by atoms with E-state index in [1.165, 1.54) is 12.1 Å². The van der Waals surface area contributed by atoms with Crippen LogP contribution in [0, 0.1) is 5.82 Å². The lowest BCUT2D eigenvalue weighted by Gasteiger charge is -2.16. The number of halogens is 2. The van der Waals surface area contributed by atoms with Gasteiger partial charge in [-0.2, -0.15) is 0 Å². The van der Waals surface area contributed by atoms with Crippen molar-refractivity contribution in [1.82, 2.24) is 9.55 Å². The van der Waals surface area contributed by atoms with Crippen LogP contribution in [0.4, 0.5) is 10.1 Å². The molecule has 2 aromatic carbocycles. The molecule has 4 rings (SSSR count). The number of thioether (sulfide) groups is 1. The summed E-state index contributed by atoms with van der Waals surface area (Å²) in [6.45, 7) is 1.06. The number of rotatable bonds is 6. The molecule has 1 aliphatic heterocycles. The molecule has 0 radical (unpaired) electrons. The molecule has 1 fully saturated rings. The highest BCUT2D eigenvalue weighted by molar-refractivity contribution is 7.99. The number of ether oxygens (including phenoxy) is 1. The van der Waals surface area contributed by atoms with Crippen LogP contribution in [-0.4, -0.2) is 33.9 Å². The second-order valence-corrected chi connectivity index (χ2v) is 8.30. The lowest BCUT2D eigenvalue weighted by atomic mass is 10.2. The molecule has 0 spiro atoms. The van der Waals surface area contributed by atoms with Gasteiger partial charge >= 0.3 is 0 Å². The van der Waals surface area contributed by atoms with Gasteiger partial charge in [-0.05, 0) is 43.2 Å². The van der Waals surface area contributed by atoms with Crippen LogP contribution < -0.4 is 10.9 Å². The Balaban J connectivity index is 1.56. The Morgan fingerprint density at radius 2 is 2.17 bits per heavy atom. The summed E-state index contributed by atoms with van der Waals surface area (Å²) in [5.74, 6) is -1.05. The van der Waals surface area contributed by atoms with E-state index in [-0.39, 0.29) is 28.1 Å². The summed E-state index contributed by atoms with van der Waals surface area (Å²) >= 11 is 6.87. The smallest absolute Gasteiger partial charge is 0.262 e. The maximum Gasteiger partial charge on any atom is 0.262 e. The van der Waals surface area contributed by atoms with Crippen molar-refractivity contribution in [2.24, 2.45) is 0 Å². The number of carbonyl (C=O) groups excluding carboxylic acids is 1. The first kappa shape index (κ1) is 20.8. The van der Waals surface area contributed by atoms with Gasteiger partial charge in [-0.25, -0.2) is 9.37 Å². The normalized spacial score (nSPS) is 16.1. The number of nitrogens with zero attached hydrogens (tertiary/aromatic N) is 2. The summed E-state index contributed by atoms with van der Waals surface area (Å²) in [6, 6.07) is 11.1. The quantitative estimate of drug-likeness (QED) is 0.455. The van der Waals surface area contributed by atoms with Crippen LogP contribution >= 0.6 is 23.4 Å². The van der Waals surface area contributed by atoms with E-state index in [9.17, 15) is 14.0 Å². The number of carbonyl (C=O) groups is 1. The minimum Gasteiger partial charge on any atom is -0.376 e. The average molecular weight is 448 g/mol. The van der Waals surface area contributed by atoms with Crippen molar-refractivity contribution in [3.05, 3.63) is 63.7 Å². The largest absolute Gasteiger partial charge is 0.376 e. The first-order chi connectivity index (χ1) is 14.5. The zero-order valence-electron chi connectivity index (χ0n) is 15.9. The summed E-state index contributed by atoms with van der Waals surface area (Å²) in [6.07, 6.45) is 1.78. The molecule has 6 nitrogen and oxygen atoms in total. The summed E-state index contributed by atoms with van der Waals surface area (Å²) in [5, 5.41) is 3.72. The number of nitrogens with one attached hydrogen (secondary N) is 1. The number of aromatic nitrogens is 2. The highest BCUT2D eigenvalue weighted by Gasteiger charge is 2.21. The van der Waals surface area contributed by atoms with Crippen molar-refractivity contribution in [2.45, 2.75) is 30.6 Å². The predicted molar refractivity (Wildman–Crippen MR) is 116 cm³/mol. The fourth-order valence-electron chi connectivity index (χ4n) is 3.32. The second kappa shape index (κ2) is 9.16. The Kier molecular flexibility index (Phi) is 6.36. The van der Waals surface area contributed by atoms with Crippen molar-refractivity contribution < 1.29 is 13.9 Å². The molecular weight excluding hydrogens is 429 g/mol. The number of para-hydroxylation sites is 1. The van der Waals surface area contributed by atoms with Gasteiger partial charge in [0.25, 0.3) is 5.56 Å². The molecular formula is C21H19ClFN3O3S. The van der Waals surface area contributed by atoms with Gasteiger partial charge in [0.2, 0.25) is 5.91 Å². The molecule has 1 saturated heterocycles. The third-order valence-electron chi connectivity index (χ3n) is 4.77. The van der Waals surface area contributed by atoms with Gasteiger partial charge in [0.1, 0.15) is 5.82 Å². The SMILES string of the molecule is O=C(CSc1nc2ccccc2c(=O)n1CC1CCCO1)Nc1ccc(Cl)cc1F. The Hall–Kier alpha value is -2.42. The fourth-order valence-corrected chi connectivity index (χ4v) is 4.29. The van der Waals surface area contributed by atoms with Crippen LogP contribution in [-0.2, 0) is 16.1 Å². The van der Waals surface area contributed by atoms with Crippen molar-refractivity contribution in [3.8, 4) is 0 Å². The van der Waals surface area contributed by atoms with Crippen molar-refractivity contribution in [1.29, 1.82) is 0 Å². The first-order valence-corrected chi connectivity index (χ1v) is 10.9. The lowest BCUT2D eigenvalue weighted by Crippen LogP contribution is -2.29. The van der Waals surface area contributed by atoms with Crippen LogP contribution in [0.3, 0.4) is 0 Å². The van der Waals surface area contributed by atoms with Gasteiger partial charge in [-0.1, -0.05) is 35.5 Å². The highest BCUT2D eigenvalue weighted by Crippen LogP contribution is 2.22. The maximum absolute atomic E-state index is 13.9. The van der Waals surface area contributed by atoms with E-state index in [1.54, 1.807) is 22.8 Å². The Morgan fingerprint density at radius 1 is 1.33 bits per heavy atom. The van der Waals surface area contributed by atoms with E-state index >= 15 is 0 Å². The molecule has 0 saturated carbocycles. The Bertz CT molecular complexity index is 1150.